The lowest BCUT2D eigenvalue weighted by atomic mass is 10.1. The number of alkyl halides is 4. The van der Waals surface area contributed by atoms with Crippen LogP contribution >= 0.6 is 26.8 Å². The number of halogens is 5. The van der Waals surface area contributed by atoms with Crippen molar-refractivity contribution in [1.29, 1.82) is 0 Å². The lowest BCUT2D eigenvalue weighted by Gasteiger charge is -2.24. The molecule has 3 aromatic rings. The number of nitrogens with zero attached hydrogens (tertiary/aromatic N) is 1. The summed E-state index contributed by atoms with van der Waals surface area (Å²) < 4.78 is 106. The van der Waals surface area contributed by atoms with E-state index in [0.29, 0.717) is 0 Å². The Morgan fingerprint density at radius 3 is 1.44 bits per heavy atom. The van der Waals surface area contributed by atoms with Crippen LogP contribution in [-0.2, 0) is 43.6 Å². The van der Waals surface area contributed by atoms with Gasteiger partial charge in [0.15, 0.2) is 0 Å². The molecular formula is C22H20ClF4NO8P2S. The molecule has 0 radical (unpaired) electrons. The molecule has 3 aromatic carbocycles. The van der Waals surface area contributed by atoms with E-state index in [4.69, 9.17) is 31.2 Å². The van der Waals surface area contributed by atoms with Crippen LogP contribution in [0.25, 0.3) is 0 Å². The summed E-state index contributed by atoms with van der Waals surface area (Å²) in [6, 6.07) is 12.3. The van der Waals surface area contributed by atoms with Gasteiger partial charge in [0.1, 0.15) is 0 Å². The molecule has 0 aliphatic heterocycles. The highest BCUT2D eigenvalue weighted by molar-refractivity contribution is 7.89. The molecule has 0 amide bonds. The van der Waals surface area contributed by atoms with Crippen molar-refractivity contribution >= 4 is 36.8 Å². The molecule has 0 aliphatic carbocycles. The Kier molecular flexibility index (Phi) is 8.89. The molecule has 0 heterocycles. The minimum atomic E-state index is -5.83. The Balaban J connectivity index is 1.98. The molecular weight excluding hydrogens is 612 g/mol. The van der Waals surface area contributed by atoms with Crippen LogP contribution in [-0.4, -0.2) is 32.3 Å². The minimum Gasteiger partial charge on any atom is -0.320 e. The summed E-state index contributed by atoms with van der Waals surface area (Å²) in [6.07, 6.45) is 0. The molecule has 0 spiro atoms. The van der Waals surface area contributed by atoms with Crippen LogP contribution in [0.4, 0.5) is 17.6 Å². The van der Waals surface area contributed by atoms with Gasteiger partial charge in [0.25, 0.3) is 0 Å². The zero-order valence-corrected chi connectivity index (χ0v) is 22.8. The second-order valence-electron chi connectivity index (χ2n) is 8.29. The van der Waals surface area contributed by atoms with Crippen molar-refractivity contribution in [1.82, 2.24) is 4.31 Å². The van der Waals surface area contributed by atoms with E-state index in [1.807, 2.05) is 0 Å². The fourth-order valence-electron chi connectivity index (χ4n) is 3.37. The number of benzene rings is 3. The van der Waals surface area contributed by atoms with Gasteiger partial charge in [-0.3, -0.25) is 9.13 Å². The van der Waals surface area contributed by atoms with E-state index in [9.17, 15) is 35.1 Å². The lowest BCUT2D eigenvalue weighted by Crippen LogP contribution is -2.30. The number of rotatable bonds is 10. The smallest absolute Gasteiger partial charge is 0.320 e. The van der Waals surface area contributed by atoms with Gasteiger partial charge in [0, 0.05) is 29.2 Å². The van der Waals surface area contributed by atoms with Crippen molar-refractivity contribution in [2.45, 2.75) is 29.3 Å². The predicted molar refractivity (Wildman–Crippen MR) is 133 cm³/mol. The third kappa shape index (κ3) is 6.79. The predicted octanol–water partition coefficient (Wildman–Crippen LogP) is 5.19. The van der Waals surface area contributed by atoms with Crippen molar-refractivity contribution in [2.75, 3.05) is 0 Å². The van der Waals surface area contributed by atoms with Crippen LogP contribution in [0, 0.1) is 0 Å². The first-order valence-electron chi connectivity index (χ1n) is 10.6. The number of sulfonamides is 1. The first kappa shape index (κ1) is 31.4. The molecule has 0 saturated carbocycles. The average Bonchev–Trinajstić information content (AvgIpc) is 2.83. The van der Waals surface area contributed by atoms with E-state index in [-0.39, 0.29) is 21.0 Å². The SMILES string of the molecule is O=P(O)(O)C(F)(F)c1ccc(CN(Cc2ccc(C(F)(F)P(=O)(O)O)cc2)S(=O)(=O)c2cccc(Cl)c2)cc1. The number of hydrogen-bond acceptors (Lipinski definition) is 4. The molecule has 4 N–H and O–H groups in total. The molecule has 0 aromatic heterocycles. The Hall–Kier alpha value is -2.12. The van der Waals surface area contributed by atoms with Crippen LogP contribution in [0.3, 0.4) is 0 Å². The zero-order chi connectivity index (χ0) is 29.4. The van der Waals surface area contributed by atoms with Gasteiger partial charge in [0.2, 0.25) is 10.0 Å². The van der Waals surface area contributed by atoms with E-state index in [2.05, 4.69) is 0 Å². The molecule has 0 atom stereocenters. The minimum absolute atomic E-state index is 0.0871. The van der Waals surface area contributed by atoms with Crippen LogP contribution in [0.5, 0.6) is 0 Å². The quantitative estimate of drug-likeness (QED) is 0.176. The summed E-state index contributed by atoms with van der Waals surface area (Å²) >= 11 is 5.92. The van der Waals surface area contributed by atoms with Crippen molar-refractivity contribution in [3.05, 3.63) is 100 Å². The Bertz CT molecular complexity index is 1470. The third-order valence-electron chi connectivity index (χ3n) is 5.49. The Labute approximate surface area is 225 Å². The van der Waals surface area contributed by atoms with Gasteiger partial charge in [-0.05, 0) is 29.3 Å². The fourth-order valence-corrected chi connectivity index (χ4v) is 6.06. The molecule has 0 bridgehead atoms. The third-order valence-corrected chi connectivity index (χ3v) is 9.49. The highest BCUT2D eigenvalue weighted by Crippen LogP contribution is 2.60. The van der Waals surface area contributed by atoms with Gasteiger partial charge in [-0.1, -0.05) is 66.2 Å². The maximum Gasteiger partial charge on any atom is 0.399 e. The van der Waals surface area contributed by atoms with Gasteiger partial charge >= 0.3 is 26.5 Å². The summed E-state index contributed by atoms with van der Waals surface area (Å²) in [5.74, 6) is 0. The summed E-state index contributed by atoms with van der Waals surface area (Å²) in [7, 11) is -16.0. The van der Waals surface area contributed by atoms with Crippen molar-refractivity contribution < 1.29 is 54.7 Å². The molecule has 17 heteroatoms. The number of hydrogen-bond donors (Lipinski definition) is 4. The van der Waals surface area contributed by atoms with Crippen molar-refractivity contribution in [2.24, 2.45) is 0 Å². The molecule has 9 nitrogen and oxygen atoms in total. The van der Waals surface area contributed by atoms with Gasteiger partial charge in [-0.15, -0.1) is 0 Å². The average molecular weight is 632 g/mol. The van der Waals surface area contributed by atoms with E-state index < -0.39 is 60.8 Å². The maximum absolute atomic E-state index is 14.0. The summed E-state index contributed by atoms with van der Waals surface area (Å²) in [4.78, 5) is 35.4. The largest absolute Gasteiger partial charge is 0.399 e. The summed E-state index contributed by atoms with van der Waals surface area (Å²) in [5.41, 5.74) is -10.7. The first-order valence-corrected chi connectivity index (χ1v) is 15.6. The van der Waals surface area contributed by atoms with E-state index >= 15 is 0 Å². The van der Waals surface area contributed by atoms with Gasteiger partial charge in [-0.2, -0.15) is 21.9 Å². The topological polar surface area (TPSA) is 152 Å². The molecule has 212 valence electrons. The zero-order valence-electron chi connectivity index (χ0n) is 19.4. The Morgan fingerprint density at radius 1 is 0.718 bits per heavy atom. The standard InChI is InChI=1S/C22H20ClF4NO8P2S/c23-19-2-1-3-20(12-19)39(35,36)28(13-15-4-8-17(9-5-15)21(24,25)37(29,30)31)14-16-6-10-18(11-7-16)22(26,27)38(32,33)34/h1-12H,13-14H2,(H2,29,30,31)(H2,32,33,34). The van der Waals surface area contributed by atoms with E-state index in [1.54, 1.807) is 0 Å². The second kappa shape index (κ2) is 11.0. The van der Waals surface area contributed by atoms with Crippen molar-refractivity contribution in [3.8, 4) is 0 Å². The van der Waals surface area contributed by atoms with Gasteiger partial charge < -0.3 is 19.6 Å². The normalized spacial score (nSPS) is 13.6. The lowest BCUT2D eigenvalue weighted by molar-refractivity contribution is 0.0564. The molecule has 39 heavy (non-hydrogen) atoms. The highest BCUT2D eigenvalue weighted by Gasteiger charge is 2.51. The Morgan fingerprint density at radius 2 is 1.10 bits per heavy atom. The van der Waals surface area contributed by atoms with Crippen molar-refractivity contribution in [3.63, 3.8) is 0 Å². The monoisotopic (exact) mass is 631 g/mol. The van der Waals surface area contributed by atoms with Crippen LogP contribution in [0.2, 0.25) is 5.02 Å². The van der Waals surface area contributed by atoms with E-state index in [1.165, 1.54) is 18.2 Å². The van der Waals surface area contributed by atoms with Crippen LogP contribution in [0.1, 0.15) is 22.3 Å². The maximum atomic E-state index is 14.0. The van der Waals surface area contributed by atoms with Crippen LogP contribution < -0.4 is 0 Å². The molecule has 0 fully saturated rings. The molecule has 0 aliphatic rings. The van der Waals surface area contributed by atoms with Gasteiger partial charge in [-0.25, -0.2) is 8.42 Å². The summed E-state index contributed by atoms with van der Waals surface area (Å²) in [6.45, 7) is -0.895. The highest BCUT2D eigenvalue weighted by atomic mass is 35.5. The second-order valence-corrected chi connectivity index (χ2v) is 14.0. The molecule has 3 rings (SSSR count). The summed E-state index contributed by atoms with van der Waals surface area (Å²) in [5, 5.41) is 0.0871. The van der Waals surface area contributed by atoms with Gasteiger partial charge in [0.05, 0.1) is 4.90 Å². The molecule has 0 saturated heterocycles. The fraction of sp³-hybridized carbons (Fsp3) is 0.182. The first-order chi connectivity index (χ1) is 17.8. The van der Waals surface area contributed by atoms with Crippen LogP contribution in [0.15, 0.2) is 77.7 Å². The van der Waals surface area contributed by atoms with E-state index in [0.717, 1.165) is 58.9 Å². The molecule has 0 unspecified atom stereocenters.